The van der Waals surface area contributed by atoms with E-state index in [-0.39, 0.29) is 12.2 Å². The molecule has 1 aliphatic rings. The molecule has 1 N–H and O–H groups in total. The van der Waals surface area contributed by atoms with E-state index in [1.807, 2.05) is 12.3 Å². The molecule has 2 aromatic heterocycles. The smallest absolute Gasteiger partial charge is 0.257 e. The van der Waals surface area contributed by atoms with Crippen LogP contribution in [-0.2, 0) is 4.74 Å². The van der Waals surface area contributed by atoms with Crippen molar-refractivity contribution < 1.29 is 4.74 Å². The monoisotopic (exact) mass is 289 g/mol. The minimum Gasteiger partial charge on any atom is -0.372 e. The number of nitrogens with zero attached hydrogens (tertiary/aromatic N) is 6. The largest absolute Gasteiger partial charge is 0.372 e. The highest BCUT2D eigenvalue weighted by Crippen LogP contribution is 2.18. The maximum atomic E-state index is 5.75. The molecule has 0 saturated carbocycles. The molecule has 1 aliphatic heterocycles. The summed E-state index contributed by atoms with van der Waals surface area (Å²) in [7, 11) is 1.79. The molecule has 8 nitrogen and oxygen atoms in total. The molecule has 2 aromatic rings. The number of morpholine rings is 1. The predicted molar refractivity (Wildman–Crippen MR) is 78.7 cm³/mol. The van der Waals surface area contributed by atoms with Gasteiger partial charge < -0.3 is 15.0 Å². The summed E-state index contributed by atoms with van der Waals surface area (Å²) in [6.45, 7) is 5.63. The summed E-state index contributed by atoms with van der Waals surface area (Å²) in [5.74, 6) is 1.67. The summed E-state index contributed by atoms with van der Waals surface area (Å²) >= 11 is 0. The average Bonchev–Trinajstić information content (AvgIpc) is 3.00. The zero-order valence-corrected chi connectivity index (χ0v) is 12.4. The fourth-order valence-corrected chi connectivity index (χ4v) is 2.44. The van der Waals surface area contributed by atoms with Gasteiger partial charge in [-0.1, -0.05) is 0 Å². The summed E-state index contributed by atoms with van der Waals surface area (Å²) in [6, 6.07) is 1.83. The fraction of sp³-hybridized carbons (Fsp3) is 0.538. The number of ether oxygens (including phenoxy) is 1. The molecule has 3 heterocycles. The first kappa shape index (κ1) is 13.7. The Morgan fingerprint density at radius 1 is 1.14 bits per heavy atom. The van der Waals surface area contributed by atoms with Crippen molar-refractivity contribution in [2.45, 2.75) is 26.1 Å². The third-order valence-corrected chi connectivity index (χ3v) is 3.25. The lowest BCUT2D eigenvalue weighted by atomic mass is 10.2. The fourth-order valence-electron chi connectivity index (χ4n) is 2.44. The Morgan fingerprint density at radius 2 is 1.86 bits per heavy atom. The molecule has 21 heavy (non-hydrogen) atoms. The molecule has 1 saturated heterocycles. The van der Waals surface area contributed by atoms with Crippen LogP contribution in [0, 0.1) is 0 Å². The van der Waals surface area contributed by atoms with Crippen LogP contribution in [0.3, 0.4) is 0 Å². The molecule has 2 atom stereocenters. The third kappa shape index (κ3) is 2.94. The Kier molecular flexibility index (Phi) is 3.70. The van der Waals surface area contributed by atoms with Crippen LogP contribution in [0.1, 0.15) is 13.8 Å². The second kappa shape index (κ2) is 5.65. The minimum absolute atomic E-state index is 0.150. The van der Waals surface area contributed by atoms with Crippen LogP contribution in [0.5, 0.6) is 0 Å². The van der Waals surface area contributed by atoms with Gasteiger partial charge in [0.25, 0.3) is 5.95 Å². The molecule has 0 aliphatic carbocycles. The second-order valence-electron chi connectivity index (χ2n) is 5.12. The molecule has 0 unspecified atom stereocenters. The SMILES string of the molecule is CNc1nc(N2C[C@@H](C)O[C@@H](C)C2)nc(-n2cccn2)n1. The van der Waals surface area contributed by atoms with Crippen LogP contribution in [0.25, 0.3) is 5.95 Å². The zero-order valence-electron chi connectivity index (χ0n) is 12.4. The lowest BCUT2D eigenvalue weighted by Gasteiger charge is -2.35. The van der Waals surface area contributed by atoms with Gasteiger partial charge in [-0.15, -0.1) is 0 Å². The number of aromatic nitrogens is 5. The van der Waals surface area contributed by atoms with Crippen LogP contribution in [0.2, 0.25) is 0 Å². The van der Waals surface area contributed by atoms with Gasteiger partial charge in [0.15, 0.2) is 0 Å². The molecule has 112 valence electrons. The zero-order chi connectivity index (χ0) is 14.8. The molecule has 3 rings (SSSR count). The number of anilines is 2. The van der Waals surface area contributed by atoms with Crippen LogP contribution in [-0.4, -0.2) is 57.1 Å². The summed E-state index contributed by atoms with van der Waals surface area (Å²) in [5.41, 5.74) is 0. The number of nitrogens with one attached hydrogen (secondary N) is 1. The first-order valence-electron chi connectivity index (χ1n) is 7.00. The van der Waals surface area contributed by atoms with E-state index in [1.165, 1.54) is 0 Å². The highest BCUT2D eigenvalue weighted by atomic mass is 16.5. The summed E-state index contributed by atoms with van der Waals surface area (Å²) in [4.78, 5) is 15.4. The van der Waals surface area contributed by atoms with Crippen molar-refractivity contribution in [3.8, 4) is 5.95 Å². The molecule has 0 amide bonds. The van der Waals surface area contributed by atoms with E-state index in [0.29, 0.717) is 17.8 Å². The molecule has 0 spiro atoms. The Bertz CT molecular complexity index is 591. The molecule has 8 heteroatoms. The normalized spacial score (nSPS) is 22.3. The highest BCUT2D eigenvalue weighted by Gasteiger charge is 2.25. The minimum atomic E-state index is 0.150. The maximum absolute atomic E-state index is 5.75. The Balaban J connectivity index is 1.96. The second-order valence-corrected chi connectivity index (χ2v) is 5.12. The topological polar surface area (TPSA) is 81.0 Å². The van der Waals surface area contributed by atoms with Gasteiger partial charge in [-0.3, -0.25) is 0 Å². The van der Waals surface area contributed by atoms with E-state index in [1.54, 1.807) is 17.9 Å². The highest BCUT2D eigenvalue weighted by molar-refractivity contribution is 5.40. The van der Waals surface area contributed by atoms with E-state index in [9.17, 15) is 0 Å². The number of hydrogen-bond donors (Lipinski definition) is 1. The van der Waals surface area contributed by atoms with E-state index >= 15 is 0 Å². The maximum Gasteiger partial charge on any atom is 0.257 e. The predicted octanol–water partition coefficient (Wildman–Crippen LogP) is 0.713. The van der Waals surface area contributed by atoms with Gasteiger partial charge in [0.05, 0.1) is 12.2 Å². The molecule has 0 aromatic carbocycles. The van der Waals surface area contributed by atoms with Crippen LogP contribution in [0.15, 0.2) is 18.5 Å². The quantitative estimate of drug-likeness (QED) is 0.891. The third-order valence-electron chi connectivity index (χ3n) is 3.25. The van der Waals surface area contributed by atoms with Gasteiger partial charge in [-0.05, 0) is 19.9 Å². The van der Waals surface area contributed by atoms with Gasteiger partial charge >= 0.3 is 0 Å². The van der Waals surface area contributed by atoms with Gasteiger partial charge in [0, 0.05) is 32.5 Å². The van der Waals surface area contributed by atoms with Crippen LogP contribution < -0.4 is 10.2 Å². The van der Waals surface area contributed by atoms with Crippen molar-refractivity contribution in [3.63, 3.8) is 0 Å². The molecule has 0 bridgehead atoms. The average molecular weight is 289 g/mol. The molecular formula is C13H19N7O. The lowest BCUT2D eigenvalue weighted by molar-refractivity contribution is -0.00572. The lowest BCUT2D eigenvalue weighted by Crippen LogP contribution is -2.46. The van der Waals surface area contributed by atoms with E-state index in [2.05, 4.69) is 44.1 Å². The molecule has 1 fully saturated rings. The van der Waals surface area contributed by atoms with Crippen LogP contribution in [0.4, 0.5) is 11.9 Å². The van der Waals surface area contributed by atoms with Crippen molar-refractivity contribution in [2.75, 3.05) is 30.4 Å². The Labute approximate surface area is 123 Å². The van der Waals surface area contributed by atoms with Gasteiger partial charge in [-0.25, -0.2) is 4.68 Å². The Hall–Kier alpha value is -2.22. The number of hydrogen-bond acceptors (Lipinski definition) is 7. The van der Waals surface area contributed by atoms with Crippen molar-refractivity contribution >= 4 is 11.9 Å². The first-order chi connectivity index (χ1) is 10.2. The van der Waals surface area contributed by atoms with Crippen molar-refractivity contribution in [3.05, 3.63) is 18.5 Å². The van der Waals surface area contributed by atoms with Gasteiger partial charge in [0.2, 0.25) is 11.9 Å². The van der Waals surface area contributed by atoms with Crippen LogP contribution >= 0.6 is 0 Å². The van der Waals surface area contributed by atoms with Crippen molar-refractivity contribution in [1.82, 2.24) is 24.7 Å². The summed E-state index contributed by atoms with van der Waals surface area (Å²) in [5, 5.41) is 7.14. The van der Waals surface area contributed by atoms with Crippen molar-refractivity contribution in [2.24, 2.45) is 0 Å². The molecular weight excluding hydrogens is 270 g/mol. The Morgan fingerprint density at radius 3 is 2.48 bits per heavy atom. The first-order valence-corrected chi connectivity index (χ1v) is 7.00. The molecule has 0 radical (unpaired) electrons. The van der Waals surface area contributed by atoms with E-state index < -0.39 is 0 Å². The van der Waals surface area contributed by atoms with E-state index in [4.69, 9.17) is 4.74 Å². The van der Waals surface area contributed by atoms with E-state index in [0.717, 1.165) is 13.1 Å². The standard InChI is InChI=1S/C13H19N7O/c1-9-7-19(8-10(2)21-9)12-16-11(14-3)17-13(18-12)20-6-4-5-15-20/h4-6,9-10H,7-8H2,1-3H3,(H,14,16,17,18)/t9-,10+. The summed E-state index contributed by atoms with van der Waals surface area (Å²) < 4.78 is 7.38. The van der Waals surface area contributed by atoms with Gasteiger partial charge in [-0.2, -0.15) is 20.1 Å². The van der Waals surface area contributed by atoms with Gasteiger partial charge in [0.1, 0.15) is 0 Å². The number of rotatable bonds is 3. The van der Waals surface area contributed by atoms with Crippen molar-refractivity contribution in [1.29, 1.82) is 0 Å². The summed E-state index contributed by atoms with van der Waals surface area (Å²) in [6.07, 6.45) is 3.80.